The first-order chi connectivity index (χ1) is 9.28. The predicted octanol–water partition coefficient (Wildman–Crippen LogP) is 0.0513. The Morgan fingerprint density at radius 1 is 1.47 bits per heavy atom. The Morgan fingerprint density at radius 2 is 2.37 bits per heavy atom. The number of nitrogens with two attached hydrogens (primary N) is 1. The molecule has 7 nitrogen and oxygen atoms in total. The van der Waals surface area contributed by atoms with Gasteiger partial charge in [-0.25, -0.2) is 0 Å². The molecule has 0 aliphatic carbocycles. The summed E-state index contributed by atoms with van der Waals surface area (Å²) in [6, 6.07) is 0.491. The van der Waals surface area contributed by atoms with Crippen molar-refractivity contribution in [3.63, 3.8) is 0 Å². The lowest BCUT2D eigenvalue weighted by Gasteiger charge is -2.21. The van der Waals surface area contributed by atoms with E-state index in [0.717, 1.165) is 44.0 Å². The molecule has 1 atom stereocenters. The van der Waals surface area contributed by atoms with Crippen molar-refractivity contribution in [1.82, 2.24) is 15.3 Å². The molecule has 0 aromatic carbocycles. The standard InChI is InChI=1S/C12H20N6O/c1-14-8-3-5-18(7-8)11-9-10(16-12(13)17-11)15-4-2-6-19-9/h8,14H,2-7H2,1H3,(H3,13,15,16,17)/t8-/m1/s1. The second-order valence-electron chi connectivity index (χ2n) is 4.93. The van der Waals surface area contributed by atoms with Crippen molar-refractivity contribution < 1.29 is 4.74 Å². The number of nitrogen functional groups attached to an aromatic ring is 1. The van der Waals surface area contributed by atoms with E-state index in [4.69, 9.17) is 10.5 Å². The van der Waals surface area contributed by atoms with Gasteiger partial charge in [-0.2, -0.15) is 9.97 Å². The van der Waals surface area contributed by atoms with Gasteiger partial charge in [0.1, 0.15) is 0 Å². The number of nitrogens with one attached hydrogen (secondary N) is 2. The Morgan fingerprint density at radius 3 is 3.16 bits per heavy atom. The summed E-state index contributed by atoms with van der Waals surface area (Å²) in [6.07, 6.45) is 2.05. The van der Waals surface area contributed by atoms with Gasteiger partial charge in [-0.3, -0.25) is 0 Å². The van der Waals surface area contributed by atoms with Crippen LogP contribution in [0.4, 0.5) is 17.6 Å². The van der Waals surface area contributed by atoms with E-state index in [9.17, 15) is 0 Å². The van der Waals surface area contributed by atoms with E-state index >= 15 is 0 Å². The SMILES string of the molecule is CN[C@@H]1CCN(c2nc(N)nc3c2OCCCN3)C1. The zero-order chi connectivity index (χ0) is 13.2. The lowest BCUT2D eigenvalue weighted by atomic mass is 10.3. The largest absolute Gasteiger partial charge is 0.486 e. The van der Waals surface area contributed by atoms with E-state index in [-0.39, 0.29) is 0 Å². The maximum atomic E-state index is 5.81. The van der Waals surface area contributed by atoms with Crippen LogP contribution in [0.15, 0.2) is 0 Å². The molecule has 19 heavy (non-hydrogen) atoms. The molecule has 7 heteroatoms. The highest BCUT2D eigenvalue weighted by Gasteiger charge is 2.27. The molecular formula is C12H20N6O. The highest BCUT2D eigenvalue weighted by Crippen LogP contribution is 2.36. The van der Waals surface area contributed by atoms with Gasteiger partial charge >= 0.3 is 0 Å². The molecule has 0 radical (unpaired) electrons. The van der Waals surface area contributed by atoms with E-state index in [2.05, 4.69) is 25.5 Å². The van der Waals surface area contributed by atoms with Crippen LogP contribution >= 0.6 is 0 Å². The van der Waals surface area contributed by atoms with Crippen molar-refractivity contribution in [3.05, 3.63) is 0 Å². The molecule has 4 N–H and O–H groups in total. The van der Waals surface area contributed by atoms with Crippen molar-refractivity contribution in [1.29, 1.82) is 0 Å². The fraction of sp³-hybridized carbons (Fsp3) is 0.667. The van der Waals surface area contributed by atoms with Crippen LogP contribution in [-0.2, 0) is 0 Å². The summed E-state index contributed by atoms with van der Waals surface area (Å²) in [5.41, 5.74) is 5.81. The molecule has 0 spiro atoms. The second-order valence-corrected chi connectivity index (χ2v) is 4.93. The van der Waals surface area contributed by atoms with Gasteiger partial charge in [0, 0.05) is 25.7 Å². The van der Waals surface area contributed by atoms with Gasteiger partial charge in [-0.1, -0.05) is 0 Å². The summed E-state index contributed by atoms with van der Waals surface area (Å²) in [5.74, 6) is 2.56. The molecule has 0 amide bonds. The number of hydrogen-bond donors (Lipinski definition) is 3. The molecule has 0 bridgehead atoms. The number of fused-ring (bicyclic) bond motifs is 1. The predicted molar refractivity (Wildman–Crippen MR) is 74.7 cm³/mol. The summed E-state index contributed by atoms with van der Waals surface area (Å²) in [4.78, 5) is 10.8. The second kappa shape index (κ2) is 5.08. The summed E-state index contributed by atoms with van der Waals surface area (Å²) < 4.78 is 5.81. The molecule has 1 fully saturated rings. The lowest BCUT2D eigenvalue weighted by Crippen LogP contribution is -2.30. The van der Waals surface area contributed by atoms with Gasteiger partial charge < -0.3 is 26.0 Å². The lowest BCUT2D eigenvalue weighted by molar-refractivity contribution is 0.321. The van der Waals surface area contributed by atoms with Gasteiger partial charge in [0.15, 0.2) is 11.6 Å². The van der Waals surface area contributed by atoms with Crippen molar-refractivity contribution >= 4 is 17.6 Å². The summed E-state index contributed by atoms with van der Waals surface area (Å²) in [7, 11) is 1.99. The van der Waals surface area contributed by atoms with Crippen LogP contribution in [-0.4, -0.2) is 49.3 Å². The highest BCUT2D eigenvalue weighted by molar-refractivity contribution is 5.68. The zero-order valence-electron chi connectivity index (χ0n) is 11.1. The maximum Gasteiger partial charge on any atom is 0.224 e. The van der Waals surface area contributed by atoms with Crippen LogP contribution in [0.3, 0.4) is 0 Å². The minimum Gasteiger partial charge on any atom is -0.486 e. The van der Waals surface area contributed by atoms with Crippen molar-refractivity contribution in [2.45, 2.75) is 18.9 Å². The molecule has 104 valence electrons. The Bertz CT molecular complexity index is 466. The van der Waals surface area contributed by atoms with Crippen LogP contribution in [0.5, 0.6) is 5.75 Å². The molecule has 3 heterocycles. The molecule has 2 aliphatic rings. The third-order valence-electron chi connectivity index (χ3n) is 3.62. The van der Waals surface area contributed by atoms with E-state index in [1.165, 1.54) is 0 Å². The Kier molecular flexibility index (Phi) is 3.29. The number of likely N-dealkylation sites (N-methyl/N-ethyl adjacent to an activating group) is 1. The number of ether oxygens (including phenoxy) is 1. The number of nitrogens with zero attached hydrogens (tertiary/aromatic N) is 3. The highest BCUT2D eigenvalue weighted by atomic mass is 16.5. The van der Waals surface area contributed by atoms with E-state index in [1.54, 1.807) is 0 Å². The molecule has 1 saturated heterocycles. The fourth-order valence-electron chi connectivity index (χ4n) is 2.56. The maximum absolute atomic E-state index is 5.81. The quantitative estimate of drug-likeness (QED) is 0.695. The first kappa shape index (κ1) is 12.3. The topological polar surface area (TPSA) is 88.3 Å². The Balaban J connectivity index is 1.94. The summed E-state index contributed by atoms with van der Waals surface area (Å²) in [5, 5.41) is 6.55. The minimum atomic E-state index is 0.291. The zero-order valence-corrected chi connectivity index (χ0v) is 11.1. The van der Waals surface area contributed by atoms with Crippen LogP contribution in [0.1, 0.15) is 12.8 Å². The molecule has 1 aromatic rings. The van der Waals surface area contributed by atoms with Crippen LogP contribution in [0.25, 0.3) is 0 Å². The first-order valence-electron chi connectivity index (χ1n) is 6.74. The van der Waals surface area contributed by atoms with E-state index in [1.807, 2.05) is 7.05 Å². The van der Waals surface area contributed by atoms with Gasteiger partial charge in [0.25, 0.3) is 0 Å². The van der Waals surface area contributed by atoms with Crippen molar-refractivity contribution in [2.24, 2.45) is 0 Å². The number of rotatable bonds is 2. The molecule has 0 saturated carbocycles. The third-order valence-corrected chi connectivity index (χ3v) is 3.62. The van der Waals surface area contributed by atoms with E-state index in [0.29, 0.717) is 24.4 Å². The smallest absolute Gasteiger partial charge is 0.224 e. The van der Waals surface area contributed by atoms with Gasteiger partial charge in [-0.15, -0.1) is 0 Å². The number of hydrogen-bond acceptors (Lipinski definition) is 7. The molecule has 0 unspecified atom stereocenters. The van der Waals surface area contributed by atoms with Gasteiger partial charge in [0.2, 0.25) is 11.7 Å². The molecular weight excluding hydrogens is 244 g/mol. The van der Waals surface area contributed by atoms with Gasteiger partial charge in [0.05, 0.1) is 6.61 Å². The Labute approximate surface area is 112 Å². The van der Waals surface area contributed by atoms with Crippen molar-refractivity contribution in [3.8, 4) is 5.75 Å². The molecule has 2 aliphatic heterocycles. The van der Waals surface area contributed by atoms with Crippen LogP contribution < -0.4 is 26.0 Å². The van der Waals surface area contributed by atoms with E-state index < -0.39 is 0 Å². The Hall–Kier alpha value is -1.76. The molecule has 1 aromatic heterocycles. The van der Waals surface area contributed by atoms with Crippen LogP contribution in [0, 0.1) is 0 Å². The average Bonchev–Trinajstić information content (AvgIpc) is 2.77. The number of anilines is 3. The average molecular weight is 264 g/mol. The summed E-state index contributed by atoms with van der Waals surface area (Å²) in [6.45, 7) is 3.41. The normalized spacial score (nSPS) is 22.4. The molecule has 3 rings (SSSR count). The minimum absolute atomic E-state index is 0.291. The summed E-state index contributed by atoms with van der Waals surface area (Å²) >= 11 is 0. The third kappa shape index (κ3) is 2.37. The number of aromatic nitrogens is 2. The fourth-order valence-corrected chi connectivity index (χ4v) is 2.56. The van der Waals surface area contributed by atoms with Gasteiger partial charge in [-0.05, 0) is 19.9 Å². The van der Waals surface area contributed by atoms with Crippen LogP contribution in [0.2, 0.25) is 0 Å². The monoisotopic (exact) mass is 264 g/mol. The first-order valence-corrected chi connectivity index (χ1v) is 6.74. The van der Waals surface area contributed by atoms with Crippen molar-refractivity contribution in [2.75, 3.05) is 49.2 Å².